The Morgan fingerprint density at radius 3 is 1.33 bits per heavy atom. The molecule has 0 rings (SSSR count). The Kier molecular flexibility index (Phi) is 2.38. The molecular formula is C8H17B. The molecule has 0 amide bonds. The van der Waals surface area contributed by atoms with Crippen molar-refractivity contribution in [2.75, 3.05) is 0 Å². The molecule has 0 aromatic heterocycles. The highest BCUT2D eigenvalue weighted by Gasteiger charge is 2.19. The van der Waals surface area contributed by atoms with Crippen molar-refractivity contribution in [3.63, 3.8) is 0 Å². The number of hydrogen-bond donors (Lipinski definition) is 0. The molecule has 2 radical (unpaired) electrons. The van der Waals surface area contributed by atoms with E-state index >= 15 is 0 Å². The zero-order chi connectivity index (χ0) is 7.71. The van der Waals surface area contributed by atoms with Crippen LogP contribution in [-0.4, -0.2) is 7.85 Å². The van der Waals surface area contributed by atoms with Crippen molar-refractivity contribution in [2.24, 2.45) is 5.41 Å². The fraction of sp³-hybridized carbons (Fsp3) is 1.00. The molecule has 0 unspecified atom stereocenters. The van der Waals surface area contributed by atoms with Crippen LogP contribution in [0.2, 0.25) is 5.31 Å². The summed E-state index contributed by atoms with van der Waals surface area (Å²) < 4.78 is 0. The minimum Gasteiger partial charge on any atom is -0.0711 e. The molecule has 0 aliphatic carbocycles. The van der Waals surface area contributed by atoms with Gasteiger partial charge in [-0.15, -0.1) is 0 Å². The van der Waals surface area contributed by atoms with Gasteiger partial charge in [0.05, 0.1) is 7.85 Å². The van der Waals surface area contributed by atoms with Gasteiger partial charge in [-0.3, -0.25) is 0 Å². The van der Waals surface area contributed by atoms with Gasteiger partial charge in [-0.1, -0.05) is 46.4 Å². The first-order valence-corrected chi connectivity index (χ1v) is 3.50. The number of rotatable bonds is 1. The summed E-state index contributed by atoms with van der Waals surface area (Å²) in [5.41, 5.74) is 0.359. The largest absolute Gasteiger partial charge is 0.0739 e. The Balaban J connectivity index is 3.75. The Labute approximate surface area is 60.4 Å². The van der Waals surface area contributed by atoms with Crippen molar-refractivity contribution in [2.45, 2.75) is 46.4 Å². The second-order valence-corrected chi connectivity index (χ2v) is 4.73. The average Bonchev–Trinajstić information content (AvgIpc) is 1.14. The lowest BCUT2D eigenvalue weighted by Gasteiger charge is -2.28. The van der Waals surface area contributed by atoms with Crippen molar-refractivity contribution >= 4 is 7.85 Å². The van der Waals surface area contributed by atoms with E-state index < -0.39 is 0 Å². The summed E-state index contributed by atoms with van der Waals surface area (Å²) in [6, 6.07) is 0. The topological polar surface area (TPSA) is 0 Å². The predicted molar refractivity (Wildman–Crippen MR) is 43.9 cm³/mol. The van der Waals surface area contributed by atoms with Crippen LogP contribution in [0, 0.1) is 5.41 Å². The van der Waals surface area contributed by atoms with E-state index in [9.17, 15) is 0 Å². The third-order valence-corrected chi connectivity index (χ3v) is 0.986. The van der Waals surface area contributed by atoms with Crippen LogP contribution in [-0.2, 0) is 0 Å². The fourth-order valence-corrected chi connectivity index (χ4v) is 1.37. The molecule has 0 saturated carbocycles. The minimum absolute atomic E-state index is 0.0156. The van der Waals surface area contributed by atoms with E-state index in [2.05, 4.69) is 34.6 Å². The molecule has 0 saturated heterocycles. The molecule has 0 heterocycles. The van der Waals surface area contributed by atoms with Crippen molar-refractivity contribution in [1.29, 1.82) is 0 Å². The predicted octanol–water partition coefficient (Wildman–Crippen LogP) is 2.79. The van der Waals surface area contributed by atoms with Gasteiger partial charge in [0.25, 0.3) is 0 Å². The maximum absolute atomic E-state index is 5.82. The van der Waals surface area contributed by atoms with Crippen molar-refractivity contribution < 1.29 is 0 Å². The van der Waals surface area contributed by atoms with Crippen LogP contribution in [0.1, 0.15) is 41.0 Å². The lowest BCUT2D eigenvalue weighted by atomic mass is 9.64. The van der Waals surface area contributed by atoms with Gasteiger partial charge in [0.2, 0.25) is 0 Å². The Hall–Kier alpha value is 0.0649. The first-order valence-electron chi connectivity index (χ1n) is 3.50. The van der Waals surface area contributed by atoms with Gasteiger partial charge in [0.1, 0.15) is 0 Å². The lowest BCUT2D eigenvalue weighted by Crippen LogP contribution is -2.14. The van der Waals surface area contributed by atoms with Gasteiger partial charge >= 0.3 is 0 Å². The maximum atomic E-state index is 5.82. The van der Waals surface area contributed by atoms with Crippen LogP contribution in [0.15, 0.2) is 0 Å². The highest BCUT2D eigenvalue weighted by molar-refractivity contribution is 6.14. The Bertz CT molecular complexity index is 69.7. The zero-order valence-corrected chi connectivity index (χ0v) is 7.28. The van der Waals surface area contributed by atoms with Crippen molar-refractivity contribution in [3.8, 4) is 0 Å². The summed E-state index contributed by atoms with van der Waals surface area (Å²) >= 11 is 0. The maximum Gasteiger partial charge on any atom is 0.0739 e. The van der Waals surface area contributed by atoms with Gasteiger partial charge in [-0.2, -0.15) is 0 Å². The van der Waals surface area contributed by atoms with Gasteiger partial charge in [-0.25, -0.2) is 0 Å². The summed E-state index contributed by atoms with van der Waals surface area (Å²) in [7, 11) is 5.82. The molecule has 52 valence electrons. The van der Waals surface area contributed by atoms with E-state index in [0.29, 0.717) is 5.41 Å². The van der Waals surface area contributed by atoms with Crippen LogP contribution in [0.3, 0.4) is 0 Å². The SMILES string of the molecule is [B]C(C)(C)CC(C)(C)C. The molecule has 0 fully saturated rings. The van der Waals surface area contributed by atoms with Gasteiger partial charge in [0, 0.05) is 0 Å². The second kappa shape index (κ2) is 2.36. The second-order valence-electron chi connectivity index (χ2n) is 4.73. The highest BCUT2D eigenvalue weighted by atomic mass is 14.2. The smallest absolute Gasteiger partial charge is 0.0711 e. The molecule has 9 heavy (non-hydrogen) atoms. The molecule has 0 nitrogen and oxygen atoms in total. The van der Waals surface area contributed by atoms with E-state index in [0.717, 1.165) is 6.42 Å². The third-order valence-electron chi connectivity index (χ3n) is 0.986. The highest BCUT2D eigenvalue weighted by Crippen LogP contribution is 2.35. The molecule has 0 aliphatic heterocycles. The molecular weight excluding hydrogens is 107 g/mol. The van der Waals surface area contributed by atoms with Gasteiger partial charge in [0.15, 0.2) is 0 Å². The van der Waals surface area contributed by atoms with Crippen molar-refractivity contribution in [3.05, 3.63) is 0 Å². The quantitative estimate of drug-likeness (QED) is 0.471. The number of hydrogen-bond acceptors (Lipinski definition) is 0. The lowest BCUT2D eigenvalue weighted by molar-refractivity contribution is 0.331. The van der Waals surface area contributed by atoms with E-state index in [4.69, 9.17) is 7.85 Å². The molecule has 0 spiro atoms. The first-order chi connectivity index (χ1) is 3.71. The van der Waals surface area contributed by atoms with Crippen LogP contribution in [0.25, 0.3) is 0 Å². The van der Waals surface area contributed by atoms with E-state index in [1.807, 2.05) is 0 Å². The van der Waals surface area contributed by atoms with Crippen LogP contribution in [0.5, 0.6) is 0 Å². The summed E-state index contributed by atoms with van der Waals surface area (Å²) in [6.45, 7) is 10.8. The van der Waals surface area contributed by atoms with E-state index in [1.165, 1.54) is 0 Å². The minimum atomic E-state index is -0.0156. The normalized spacial score (nSPS) is 13.9. The standard InChI is InChI=1S/C8H17B/c1-7(2,3)6-8(4,5)9/h6H2,1-5H3. The molecule has 0 N–H and O–H groups in total. The molecule has 0 aliphatic rings. The molecule has 0 aromatic rings. The van der Waals surface area contributed by atoms with Crippen LogP contribution >= 0.6 is 0 Å². The van der Waals surface area contributed by atoms with Crippen molar-refractivity contribution in [1.82, 2.24) is 0 Å². The van der Waals surface area contributed by atoms with E-state index in [1.54, 1.807) is 0 Å². The average molecular weight is 124 g/mol. The van der Waals surface area contributed by atoms with Crippen LogP contribution in [0.4, 0.5) is 0 Å². The van der Waals surface area contributed by atoms with Gasteiger partial charge in [-0.05, 0) is 5.41 Å². The van der Waals surface area contributed by atoms with Crippen LogP contribution < -0.4 is 0 Å². The summed E-state index contributed by atoms with van der Waals surface area (Å²) in [5, 5.41) is -0.0156. The summed E-state index contributed by atoms with van der Waals surface area (Å²) in [4.78, 5) is 0. The summed E-state index contributed by atoms with van der Waals surface area (Å²) in [5.74, 6) is 0. The monoisotopic (exact) mass is 124 g/mol. The van der Waals surface area contributed by atoms with E-state index in [-0.39, 0.29) is 5.31 Å². The zero-order valence-electron chi connectivity index (χ0n) is 7.28. The molecule has 0 atom stereocenters. The third kappa shape index (κ3) is 8.06. The molecule has 0 bridgehead atoms. The fourth-order valence-electron chi connectivity index (χ4n) is 1.37. The Morgan fingerprint density at radius 2 is 1.33 bits per heavy atom. The van der Waals surface area contributed by atoms with Gasteiger partial charge < -0.3 is 0 Å². The summed E-state index contributed by atoms with van der Waals surface area (Å²) in [6.07, 6.45) is 1.07. The molecule has 1 heteroatoms. The Morgan fingerprint density at radius 1 is 1.00 bits per heavy atom. The molecule has 0 aromatic carbocycles. The first kappa shape index (κ1) is 9.06.